The number of aliphatic carboxylic acids is 1. The van der Waals surface area contributed by atoms with Crippen molar-refractivity contribution in [2.24, 2.45) is 5.41 Å². The maximum absolute atomic E-state index is 13.3. The zero-order chi connectivity index (χ0) is 13.3. The van der Waals surface area contributed by atoms with Gasteiger partial charge in [0, 0.05) is 6.07 Å². The van der Waals surface area contributed by atoms with Gasteiger partial charge in [0.25, 0.3) is 0 Å². The van der Waals surface area contributed by atoms with E-state index in [1.807, 2.05) is 0 Å². The third kappa shape index (κ3) is 3.22. The van der Waals surface area contributed by atoms with E-state index >= 15 is 0 Å². The van der Waals surface area contributed by atoms with Crippen molar-refractivity contribution in [1.82, 2.24) is 0 Å². The van der Waals surface area contributed by atoms with Gasteiger partial charge in [-0.15, -0.1) is 0 Å². The number of rotatable bonds is 5. The summed E-state index contributed by atoms with van der Waals surface area (Å²) in [6, 6.07) is 3.81. The number of carbonyl (C=O) groups is 1. The second-order valence-electron chi connectivity index (χ2n) is 5.55. The molecule has 0 aromatic heterocycles. The van der Waals surface area contributed by atoms with Gasteiger partial charge in [-0.2, -0.15) is 0 Å². The maximum Gasteiger partial charge on any atom is 0.303 e. The van der Waals surface area contributed by atoms with Crippen LogP contribution >= 0.6 is 0 Å². The van der Waals surface area contributed by atoms with Gasteiger partial charge in [-0.1, -0.05) is 6.92 Å². The highest BCUT2D eigenvalue weighted by Gasteiger charge is 2.40. The maximum atomic E-state index is 13.3. The Morgan fingerprint density at radius 3 is 2.61 bits per heavy atom. The van der Waals surface area contributed by atoms with Crippen LogP contribution in [0.4, 0.5) is 4.39 Å². The Morgan fingerprint density at radius 2 is 2.11 bits per heavy atom. The van der Waals surface area contributed by atoms with Crippen LogP contribution < -0.4 is 0 Å². The molecule has 18 heavy (non-hydrogen) atoms. The standard InChI is InChI=1S/C14H17FO3/c1-14(2-3-14)8-10(6-13(17)18)9-4-11(15)7-12(16)5-9/h4-5,7,10,16H,2-3,6,8H2,1H3,(H,17,18)/t10-/m0/s1. The van der Waals surface area contributed by atoms with Crippen LogP contribution in [0.5, 0.6) is 5.75 Å². The second-order valence-corrected chi connectivity index (χ2v) is 5.55. The molecule has 1 aromatic carbocycles. The number of phenolic OH excluding ortho intramolecular Hbond substituents is 1. The lowest BCUT2D eigenvalue weighted by Crippen LogP contribution is -2.11. The first-order chi connectivity index (χ1) is 8.38. The summed E-state index contributed by atoms with van der Waals surface area (Å²) in [4.78, 5) is 10.9. The molecule has 1 aromatic rings. The molecule has 2 rings (SSSR count). The van der Waals surface area contributed by atoms with Gasteiger partial charge in [-0.05, 0) is 48.3 Å². The first-order valence-corrected chi connectivity index (χ1v) is 6.09. The molecule has 0 unspecified atom stereocenters. The summed E-state index contributed by atoms with van der Waals surface area (Å²) in [6.45, 7) is 2.11. The molecule has 0 bridgehead atoms. The molecule has 0 amide bonds. The Hall–Kier alpha value is -1.58. The fourth-order valence-corrected chi connectivity index (χ4v) is 2.36. The van der Waals surface area contributed by atoms with Gasteiger partial charge in [0.05, 0.1) is 6.42 Å². The predicted octanol–water partition coefficient (Wildman–Crippen LogP) is 3.28. The summed E-state index contributed by atoms with van der Waals surface area (Å²) in [5, 5.41) is 18.3. The zero-order valence-electron chi connectivity index (χ0n) is 10.3. The molecule has 1 atom stereocenters. The van der Waals surface area contributed by atoms with Crippen molar-refractivity contribution in [2.45, 2.75) is 38.5 Å². The van der Waals surface area contributed by atoms with E-state index in [0.717, 1.165) is 25.3 Å². The largest absolute Gasteiger partial charge is 0.508 e. The van der Waals surface area contributed by atoms with Crippen molar-refractivity contribution in [1.29, 1.82) is 0 Å². The van der Waals surface area contributed by atoms with E-state index in [1.165, 1.54) is 12.1 Å². The van der Waals surface area contributed by atoms with Gasteiger partial charge >= 0.3 is 5.97 Å². The van der Waals surface area contributed by atoms with Crippen molar-refractivity contribution in [3.63, 3.8) is 0 Å². The molecular formula is C14H17FO3. The Labute approximate surface area is 105 Å². The number of benzene rings is 1. The van der Waals surface area contributed by atoms with E-state index in [1.54, 1.807) is 0 Å². The van der Waals surface area contributed by atoms with Crippen molar-refractivity contribution >= 4 is 5.97 Å². The van der Waals surface area contributed by atoms with Crippen molar-refractivity contribution in [3.05, 3.63) is 29.6 Å². The molecule has 0 spiro atoms. The Morgan fingerprint density at radius 1 is 1.44 bits per heavy atom. The molecule has 0 saturated heterocycles. The fraction of sp³-hybridized carbons (Fsp3) is 0.500. The summed E-state index contributed by atoms with van der Waals surface area (Å²) in [5.74, 6) is -1.81. The molecule has 1 saturated carbocycles. The first-order valence-electron chi connectivity index (χ1n) is 6.09. The lowest BCUT2D eigenvalue weighted by atomic mass is 9.85. The van der Waals surface area contributed by atoms with Gasteiger partial charge in [-0.25, -0.2) is 4.39 Å². The molecule has 0 radical (unpaired) electrons. The molecular weight excluding hydrogens is 235 g/mol. The molecule has 0 aliphatic heterocycles. The highest BCUT2D eigenvalue weighted by Crippen LogP contribution is 2.52. The molecule has 1 aliphatic rings. The van der Waals surface area contributed by atoms with Gasteiger partial charge < -0.3 is 10.2 Å². The SMILES string of the molecule is CC1(C[C@H](CC(=O)O)c2cc(O)cc(F)c2)CC1. The summed E-state index contributed by atoms with van der Waals surface area (Å²) < 4.78 is 13.3. The van der Waals surface area contributed by atoms with E-state index < -0.39 is 11.8 Å². The van der Waals surface area contributed by atoms with Crippen LogP contribution in [0.2, 0.25) is 0 Å². The minimum absolute atomic E-state index is 0.0293. The third-order valence-electron chi connectivity index (χ3n) is 3.64. The Kier molecular flexibility index (Phi) is 3.28. The van der Waals surface area contributed by atoms with Crippen molar-refractivity contribution < 1.29 is 19.4 Å². The average Bonchev–Trinajstić information content (AvgIpc) is 2.93. The summed E-state index contributed by atoms with van der Waals surface area (Å²) in [6.07, 6.45) is 2.87. The van der Waals surface area contributed by atoms with Crippen molar-refractivity contribution in [3.8, 4) is 5.75 Å². The van der Waals surface area contributed by atoms with Crippen LogP contribution in [0.25, 0.3) is 0 Å². The van der Waals surface area contributed by atoms with E-state index in [9.17, 15) is 14.3 Å². The molecule has 4 heteroatoms. The highest BCUT2D eigenvalue weighted by molar-refractivity contribution is 5.68. The van der Waals surface area contributed by atoms with Crippen LogP contribution in [0.15, 0.2) is 18.2 Å². The molecule has 1 aliphatic carbocycles. The van der Waals surface area contributed by atoms with E-state index in [0.29, 0.717) is 5.56 Å². The summed E-state index contributed by atoms with van der Waals surface area (Å²) in [7, 11) is 0. The van der Waals surface area contributed by atoms with Crippen LogP contribution in [0.1, 0.15) is 44.1 Å². The van der Waals surface area contributed by atoms with Crippen LogP contribution in [-0.2, 0) is 4.79 Å². The summed E-state index contributed by atoms with van der Waals surface area (Å²) in [5.41, 5.74) is 0.755. The van der Waals surface area contributed by atoms with Crippen LogP contribution in [0.3, 0.4) is 0 Å². The average molecular weight is 252 g/mol. The summed E-state index contributed by atoms with van der Waals surface area (Å²) >= 11 is 0. The molecule has 98 valence electrons. The fourth-order valence-electron chi connectivity index (χ4n) is 2.36. The Bertz CT molecular complexity index is 446. The lowest BCUT2D eigenvalue weighted by molar-refractivity contribution is -0.137. The molecule has 0 heterocycles. The number of carboxylic acids is 1. The number of hydrogen-bond acceptors (Lipinski definition) is 2. The van der Waals surface area contributed by atoms with E-state index in [4.69, 9.17) is 5.11 Å². The second kappa shape index (κ2) is 4.59. The third-order valence-corrected chi connectivity index (χ3v) is 3.64. The minimum atomic E-state index is -0.895. The number of hydrogen-bond donors (Lipinski definition) is 2. The monoisotopic (exact) mass is 252 g/mol. The molecule has 2 N–H and O–H groups in total. The normalized spacial score (nSPS) is 18.3. The molecule has 1 fully saturated rings. The quantitative estimate of drug-likeness (QED) is 0.845. The van der Waals surface area contributed by atoms with E-state index in [-0.39, 0.29) is 23.5 Å². The van der Waals surface area contributed by atoms with Crippen molar-refractivity contribution in [2.75, 3.05) is 0 Å². The van der Waals surface area contributed by atoms with E-state index in [2.05, 4.69) is 6.92 Å². The minimum Gasteiger partial charge on any atom is -0.508 e. The predicted molar refractivity (Wildman–Crippen MR) is 65.0 cm³/mol. The van der Waals surface area contributed by atoms with Crippen LogP contribution in [0, 0.1) is 11.2 Å². The topological polar surface area (TPSA) is 57.5 Å². The molecule has 3 nitrogen and oxygen atoms in total. The number of halogens is 1. The first kappa shape index (κ1) is 12.9. The smallest absolute Gasteiger partial charge is 0.303 e. The van der Waals surface area contributed by atoms with Gasteiger partial charge in [0.2, 0.25) is 0 Å². The van der Waals surface area contributed by atoms with Crippen LogP contribution in [-0.4, -0.2) is 16.2 Å². The Balaban J connectivity index is 2.23. The number of aromatic hydroxyl groups is 1. The zero-order valence-corrected chi connectivity index (χ0v) is 10.3. The lowest BCUT2D eigenvalue weighted by Gasteiger charge is -2.19. The number of phenols is 1. The van der Waals surface area contributed by atoms with Gasteiger partial charge in [0.15, 0.2) is 0 Å². The highest BCUT2D eigenvalue weighted by atomic mass is 19.1. The van der Waals surface area contributed by atoms with Gasteiger partial charge in [0.1, 0.15) is 11.6 Å². The van der Waals surface area contributed by atoms with Gasteiger partial charge in [-0.3, -0.25) is 4.79 Å². The number of carboxylic acid groups (broad SMARTS) is 1.